The molecule has 0 aliphatic carbocycles. The number of rotatable bonds is 4. The summed E-state index contributed by atoms with van der Waals surface area (Å²) in [6.45, 7) is 1.66. The Morgan fingerprint density at radius 2 is 2.18 bits per heavy atom. The number of nitrogens with zero attached hydrogens (tertiary/aromatic N) is 1. The molecule has 0 fully saturated rings. The Kier molecular flexibility index (Phi) is 4.41. The molecule has 1 rings (SSSR count). The first kappa shape index (κ1) is 13.4. The van der Waals surface area contributed by atoms with E-state index in [2.05, 4.69) is 15.9 Å². The minimum atomic E-state index is -1.09. The standard InChI is InChI=1S/C12H10BrNO3/c1-7(13)11(15)10-6-9(12(16)17)3-2-8(10)4-5-14/h2-3,6-7H,4H2,1H3,(H,16,17). The maximum atomic E-state index is 11.9. The fourth-order valence-electron chi connectivity index (χ4n) is 1.39. The summed E-state index contributed by atoms with van der Waals surface area (Å²) in [7, 11) is 0. The molecule has 1 aromatic rings. The summed E-state index contributed by atoms with van der Waals surface area (Å²) >= 11 is 3.14. The lowest BCUT2D eigenvalue weighted by atomic mass is 9.97. The number of carboxylic acids is 1. The largest absolute Gasteiger partial charge is 0.478 e. The Hall–Kier alpha value is -1.67. The molecular formula is C12H10BrNO3. The molecule has 0 heterocycles. The van der Waals surface area contributed by atoms with Gasteiger partial charge in [-0.1, -0.05) is 22.0 Å². The highest BCUT2D eigenvalue weighted by molar-refractivity contribution is 9.10. The zero-order valence-electron chi connectivity index (χ0n) is 9.11. The number of carbonyl (C=O) groups is 2. The van der Waals surface area contributed by atoms with Crippen molar-refractivity contribution in [1.82, 2.24) is 0 Å². The van der Waals surface area contributed by atoms with Gasteiger partial charge in [-0.25, -0.2) is 4.79 Å². The van der Waals surface area contributed by atoms with Crippen LogP contribution in [0.4, 0.5) is 0 Å². The second kappa shape index (κ2) is 5.60. The van der Waals surface area contributed by atoms with Gasteiger partial charge in [-0.2, -0.15) is 5.26 Å². The van der Waals surface area contributed by atoms with Crippen molar-refractivity contribution >= 4 is 27.7 Å². The van der Waals surface area contributed by atoms with Gasteiger partial charge in [-0.15, -0.1) is 0 Å². The van der Waals surface area contributed by atoms with Crippen LogP contribution in [-0.2, 0) is 6.42 Å². The van der Waals surface area contributed by atoms with Crippen molar-refractivity contribution in [1.29, 1.82) is 5.26 Å². The van der Waals surface area contributed by atoms with Crippen molar-refractivity contribution in [3.63, 3.8) is 0 Å². The van der Waals surface area contributed by atoms with Gasteiger partial charge >= 0.3 is 5.97 Å². The number of nitriles is 1. The summed E-state index contributed by atoms with van der Waals surface area (Å²) in [5.74, 6) is -1.32. The Balaban J connectivity index is 3.31. The third-order valence-electron chi connectivity index (χ3n) is 2.25. The van der Waals surface area contributed by atoms with E-state index in [0.717, 1.165) is 0 Å². The van der Waals surface area contributed by atoms with Gasteiger partial charge < -0.3 is 5.11 Å². The molecule has 1 N–H and O–H groups in total. The van der Waals surface area contributed by atoms with Crippen LogP contribution < -0.4 is 0 Å². The highest BCUT2D eigenvalue weighted by atomic mass is 79.9. The number of alkyl halides is 1. The molecule has 4 nitrogen and oxygen atoms in total. The fourth-order valence-corrected chi connectivity index (χ4v) is 1.64. The molecule has 1 unspecified atom stereocenters. The van der Waals surface area contributed by atoms with Crippen molar-refractivity contribution in [2.45, 2.75) is 18.2 Å². The number of aromatic carboxylic acids is 1. The maximum Gasteiger partial charge on any atom is 0.335 e. The van der Waals surface area contributed by atoms with Crippen molar-refractivity contribution in [3.05, 3.63) is 34.9 Å². The van der Waals surface area contributed by atoms with Crippen LogP contribution in [-0.4, -0.2) is 21.7 Å². The molecule has 0 bridgehead atoms. The number of hydrogen-bond donors (Lipinski definition) is 1. The summed E-state index contributed by atoms with van der Waals surface area (Å²) in [5.41, 5.74) is 0.882. The predicted octanol–water partition coefficient (Wildman–Crippen LogP) is 2.42. The topological polar surface area (TPSA) is 78.2 Å². The van der Waals surface area contributed by atoms with Gasteiger partial charge in [-0.3, -0.25) is 4.79 Å². The average Bonchev–Trinajstić information content (AvgIpc) is 2.28. The zero-order valence-corrected chi connectivity index (χ0v) is 10.7. The molecule has 0 aromatic heterocycles. The van der Waals surface area contributed by atoms with E-state index in [1.165, 1.54) is 18.2 Å². The first-order valence-corrected chi connectivity index (χ1v) is 5.80. The molecule has 1 atom stereocenters. The van der Waals surface area contributed by atoms with E-state index < -0.39 is 10.8 Å². The van der Waals surface area contributed by atoms with Gasteiger partial charge in [0.15, 0.2) is 5.78 Å². The van der Waals surface area contributed by atoms with Gasteiger partial charge in [-0.05, 0) is 24.6 Å². The van der Waals surface area contributed by atoms with Crippen LogP contribution in [0.15, 0.2) is 18.2 Å². The number of carboxylic acid groups (broad SMARTS) is 1. The zero-order chi connectivity index (χ0) is 13.0. The summed E-state index contributed by atoms with van der Waals surface area (Å²) in [6, 6.07) is 6.17. The molecular weight excluding hydrogens is 286 g/mol. The molecule has 0 aliphatic heterocycles. The van der Waals surface area contributed by atoms with Crippen LogP contribution in [0.5, 0.6) is 0 Å². The minimum absolute atomic E-state index is 0.0446. The lowest BCUT2D eigenvalue weighted by Gasteiger charge is -2.08. The van der Waals surface area contributed by atoms with Crippen molar-refractivity contribution in [2.75, 3.05) is 0 Å². The first-order chi connectivity index (χ1) is 7.97. The lowest BCUT2D eigenvalue weighted by Crippen LogP contribution is -2.14. The number of halogens is 1. The van der Waals surface area contributed by atoms with Crippen molar-refractivity contribution in [3.8, 4) is 6.07 Å². The molecule has 0 saturated heterocycles. The summed E-state index contributed by atoms with van der Waals surface area (Å²) in [4.78, 5) is 22.3. The molecule has 0 saturated carbocycles. The van der Waals surface area contributed by atoms with Gasteiger partial charge in [0.05, 0.1) is 22.9 Å². The SMILES string of the molecule is CC(Br)C(=O)c1cc(C(=O)O)ccc1CC#N. The molecule has 1 aromatic carbocycles. The van der Waals surface area contributed by atoms with Crippen molar-refractivity contribution < 1.29 is 14.7 Å². The number of ketones is 1. The van der Waals surface area contributed by atoms with E-state index in [4.69, 9.17) is 10.4 Å². The Labute approximate surface area is 107 Å². The van der Waals surface area contributed by atoms with E-state index >= 15 is 0 Å². The third-order valence-corrected chi connectivity index (χ3v) is 2.67. The van der Waals surface area contributed by atoms with E-state index in [0.29, 0.717) is 5.56 Å². The van der Waals surface area contributed by atoms with E-state index in [-0.39, 0.29) is 23.3 Å². The molecule has 5 heteroatoms. The summed E-state index contributed by atoms with van der Waals surface area (Å²) in [5, 5.41) is 17.5. The van der Waals surface area contributed by atoms with Gasteiger partial charge in [0.2, 0.25) is 0 Å². The maximum absolute atomic E-state index is 11.9. The second-order valence-electron chi connectivity index (χ2n) is 3.49. The molecule has 88 valence electrons. The smallest absolute Gasteiger partial charge is 0.335 e. The van der Waals surface area contributed by atoms with Gasteiger partial charge in [0.1, 0.15) is 0 Å². The van der Waals surface area contributed by atoms with Crippen LogP contribution in [0.3, 0.4) is 0 Å². The number of Topliss-reactive ketones (excluding diaryl/α,β-unsaturated/α-hetero) is 1. The van der Waals surface area contributed by atoms with Gasteiger partial charge in [0.25, 0.3) is 0 Å². The minimum Gasteiger partial charge on any atom is -0.478 e. The molecule has 17 heavy (non-hydrogen) atoms. The monoisotopic (exact) mass is 295 g/mol. The normalized spacial score (nSPS) is 11.6. The quantitative estimate of drug-likeness (QED) is 0.683. The fraction of sp³-hybridized carbons (Fsp3) is 0.250. The molecule has 0 amide bonds. The first-order valence-electron chi connectivity index (χ1n) is 4.88. The van der Waals surface area contributed by atoms with E-state index in [1.54, 1.807) is 6.92 Å². The third kappa shape index (κ3) is 3.14. The molecule has 0 aliphatic rings. The molecule has 0 radical (unpaired) electrons. The number of hydrogen-bond acceptors (Lipinski definition) is 3. The number of carbonyl (C=O) groups excluding carboxylic acids is 1. The van der Waals surface area contributed by atoms with Crippen LogP contribution in [0.1, 0.15) is 33.2 Å². The molecule has 0 spiro atoms. The highest BCUT2D eigenvalue weighted by Crippen LogP contribution is 2.17. The lowest BCUT2D eigenvalue weighted by molar-refractivity contribution is 0.0697. The van der Waals surface area contributed by atoms with Crippen LogP contribution in [0.2, 0.25) is 0 Å². The van der Waals surface area contributed by atoms with E-state index in [9.17, 15) is 9.59 Å². The summed E-state index contributed by atoms with van der Waals surface area (Å²) in [6.07, 6.45) is 0.0840. The van der Waals surface area contributed by atoms with E-state index in [1.807, 2.05) is 6.07 Å². The van der Waals surface area contributed by atoms with Gasteiger partial charge in [0, 0.05) is 5.56 Å². The Bertz CT molecular complexity index is 503. The summed E-state index contributed by atoms with van der Waals surface area (Å²) < 4.78 is 0. The Morgan fingerprint density at radius 1 is 1.53 bits per heavy atom. The second-order valence-corrected chi connectivity index (χ2v) is 4.87. The van der Waals surface area contributed by atoms with Crippen LogP contribution in [0.25, 0.3) is 0 Å². The predicted molar refractivity (Wildman–Crippen MR) is 65.4 cm³/mol. The number of benzene rings is 1. The Morgan fingerprint density at radius 3 is 2.65 bits per heavy atom. The highest BCUT2D eigenvalue weighted by Gasteiger charge is 2.18. The van der Waals surface area contributed by atoms with Crippen LogP contribution in [0, 0.1) is 11.3 Å². The average molecular weight is 296 g/mol. The van der Waals surface area contributed by atoms with Crippen LogP contribution >= 0.6 is 15.9 Å². The van der Waals surface area contributed by atoms with Crippen molar-refractivity contribution in [2.24, 2.45) is 0 Å².